The van der Waals surface area contributed by atoms with Gasteiger partial charge in [-0.2, -0.15) is 0 Å². The Hall–Kier alpha value is -7.63. The number of hydrogen-bond acceptors (Lipinski definition) is 4. The molecule has 8 aromatic carbocycles. The fraction of sp³-hybridized carbons (Fsp3) is 0.0192. The molecule has 11 aromatic rings. The molecule has 266 valence electrons. The summed E-state index contributed by atoms with van der Waals surface area (Å²) in [5.41, 5.74) is 14.5. The molecule has 1 unspecified atom stereocenters. The normalized spacial score (nSPS) is 13.4. The van der Waals surface area contributed by atoms with Crippen molar-refractivity contribution in [2.24, 2.45) is 0 Å². The molecular formula is C52H32N4O. The number of rotatable bonds is 5. The molecule has 1 aliphatic carbocycles. The van der Waals surface area contributed by atoms with Gasteiger partial charge in [0, 0.05) is 49.8 Å². The van der Waals surface area contributed by atoms with E-state index in [1.54, 1.807) is 0 Å². The van der Waals surface area contributed by atoms with Gasteiger partial charge >= 0.3 is 0 Å². The lowest BCUT2D eigenvalue weighted by molar-refractivity contribution is 0.669. The van der Waals surface area contributed by atoms with Gasteiger partial charge in [0.1, 0.15) is 11.2 Å². The molecule has 0 saturated heterocycles. The molecule has 0 saturated carbocycles. The van der Waals surface area contributed by atoms with E-state index >= 15 is 0 Å². The van der Waals surface area contributed by atoms with Crippen LogP contribution in [0.3, 0.4) is 0 Å². The number of benzene rings is 8. The van der Waals surface area contributed by atoms with Gasteiger partial charge in [-0.3, -0.25) is 0 Å². The minimum atomic E-state index is 0.00798. The van der Waals surface area contributed by atoms with Crippen LogP contribution in [0, 0.1) is 0 Å². The highest BCUT2D eigenvalue weighted by molar-refractivity contribution is 6.14. The lowest BCUT2D eigenvalue weighted by Gasteiger charge is -2.18. The van der Waals surface area contributed by atoms with Crippen LogP contribution in [-0.2, 0) is 0 Å². The van der Waals surface area contributed by atoms with Crippen LogP contribution >= 0.6 is 0 Å². The molecule has 0 aliphatic heterocycles. The summed E-state index contributed by atoms with van der Waals surface area (Å²) in [4.78, 5) is 14.9. The number of aromatic nitrogens is 4. The van der Waals surface area contributed by atoms with Gasteiger partial charge in [-0.1, -0.05) is 158 Å². The van der Waals surface area contributed by atoms with Crippen molar-refractivity contribution in [1.82, 2.24) is 19.5 Å². The van der Waals surface area contributed by atoms with Crippen LogP contribution in [0.1, 0.15) is 22.6 Å². The Bertz CT molecular complexity index is 3290. The average Bonchev–Trinajstić information content (AvgIpc) is 3.94. The summed E-state index contributed by atoms with van der Waals surface area (Å²) in [6.07, 6.45) is 0. The largest absolute Gasteiger partial charge is 0.456 e. The SMILES string of the molecule is c1ccc(-c2nc(-c3ccccc3)nc(-c3ccc(C4c5ccccc5-c5ccc6c7ccccc7n(-c7ccc8oc9ccccc9c8c7)c6c54)cc3)n2)cc1. The van der Waals surface area contributed by atoms with Gasteiger partial charge in [-0.15, -0.1) is 0 Å². The highest BCUT2D eigenvalue weighted by Crippen LogP contribution is 2.52. The zero-order valence-corrected chi connectivity index (χ0v) is 30.7. The Kier molecular flexibility index (Phi) is 6.92. The Morgan fingerprint density at radius 1 is 0.421 bits per heavy atom. The zero-order valence-electron chi connectivity index (χ0n) is 30.7. The van der Waals surface area contributed by atoms with Gasteiger partial charge in [0.15, 0.2) is 17.5 Å². The summed E-state index contributed by atoms with van der Waals surface area (Å²) in [6.45, 7) is 0. The predicted octanol–water partition coefficient (Wildman–Crippen LogP) is 13.0. The molecule has 0 radical (unpaired) electrons. The van der Waals surface area contributed by atoms with Gasteiger partial charge < -0.3 is 8.98 Å². The Morgan fingerprint density at radius 3 is 1.75 bits per heavy atom. The maximum absolute atomic E-state index is 6.27. The van der Waals surface area contributed by atoms with Crippen LogP contribution in [0.25, 0.3) is 94.7 Å². The van der Waals surface area contributed by atoms with Gasteiger partial charge in [0.25, 0.3) is 0 Å². The van der Waals surface area contributed by atoms with E-state index in [2.05, 4.69) is 120 Å². The maximum Gasteiger partial charge on any atom is 0.164 e. The van der Waals surface area contributed by atoms with E-state index in [-0.39, 0.29) is 5.92 Å². The second-order valence-electron chi connectivity index (χ2n) is 14.7. The van der Waals surface area contributed by atoms with Crippen molar-refractivity contribution in [1.29, 1.82) is 0 Å². The summed E-state index contributed by atoms with van der Waals surface area (Å²) < 4.78 is 8.74. The van der Waals surface area contributed by atoms with Crippen LogP contribution in [-0.4, -0.2) is 19.5 Å². The summed E-state index contributed by atoms with van der Waals surface area (Å²) in [6, 6.07) is 66.3. The topological polar surface area (TPSA) is 56.7 Å². The lowest BCUT2D eigenvalue weighted by Crippen LogP contribution is -2.04. The first-order valence-corrected chi connectivity index (χ1v) is 19.3. The maximum atomic E-state index is 6.27. The Balaban J connectivity index is 1.05. The first kappa shape index (κ1) is 31.7. The van der Waals surface area contributed by atoms with Gasteiger partial charge in [-0.25, -0.2) is 15.0 Å². The van der Waals surface area contributed by atoms with Crippen LogP contribution in [0.5, 0.6) is 0 Å². The number of hydrogen-bond donors (Lipinski definition) is 0. The highest BCUT2D eigenvalue weighted by Gasteiger charge is 2.34. The molecule has 0 N–H and O–H groups in total. The molecule has 1 aliphatic rings. The smallest absolute Gasteiger partial charge is 0.164 e. The number of furan rings is 1. The molecule has 0 spiro atoms. The number of para-hydroxylation sites is 2. The Labute approximate surface area is 328 Å². The molecule has 1 atom stereocenters. The van der Waals surface area contributed by atoms with Crippen molar-refractivity contribution in [2.45, 2.75) is 5.92 Å². The summed E-state index contributed by atoms with van der Waals surface area (Å²) in [5.74, 6) is 1.96. The molecule has 0 fully saturated rings. The molecule has 3 aromatic heterocycles. The van der Waals surface area contributed by atoms with Crippen LogP contribution in [0.15, 0.2) is 192 Å². The number of fused-ring (bicyclic) bond motifs is 10. The molecule has 3 heterocycles. The second-order valence-corrected chi connectivity index (χ2v) is 14.7. The number of nitrogens with zero attached hydrogens (tertiary/aromatic N) is 4. The van der Waals surface area contributed by atoms with E-state index < -0.39 is 0 Å². The first-order valence-electron chi connectivity index (χ1n) is 19.3. The van der Waals surface area contributed by atoms with Crippen molar-refractivity contribution in [3.63, 3.8) is 0 Å². The van der Waals surface area contributed by atoms with E-state index in [0.29, 0.717) is 17.5 Å². The van der Waals surface area contributed by atoms with Crippen LogP contribution in [0.4, 0.5) is 0 Å². The summed E-state index contributed by atoms with van der Waals surface area (Å²) >= 11 is 0. The van der Waals surface area contributed by atoms with Crippen LogP contribution in [0.2, 0.25) is 0 Å². The third-order valence-electron chi connectivity index (χ3n) is 11.5. The van der Waals surface area contributed by atoms with Gasteiger partial charge in [-0.05, 0) is 58.1 Å². The van der Waals surface area contributed by atoms with Crippen molar-refractivity contribution in [2.75, 3.05) is 0 Å². The van der Waals surface area contributed by atoms with E-state index in [1.807, 2.05) is 72.8 Å². The quantitative estimate of drug-likeness (QED) is 0.177. The van der Waals surface area contributed by atoms with E-state index in [0.717, 1.165) is 44.3 Å². The predicted molar refractivity (Wildman–Crippen MR) is 231 cm³/mol. The van der Waals surface area contributed by atoms with Crippen LogP contribution < -0.4 is 0 Å². The van der Waals surface area contributed by atoms with E-state index in [9.17, 15) is 0 Å². The second kappa shape index (κ2) is 12.4. The first-order chi connectivity index (χ1) is 28.3. The van der Waals surface area contributed by atoms with Gasteiger partial charge in [0.05, 0.1) is 11.0 Å². The zero-order chi connectivity index (χ0) is 37.5. The standard InChI is InChI=1S/C52H32N4O/c1-3-13-33(14-4-1)50-53-51(34-15-5-2-6-16-34)55-52(54-50)35-25-23-32(24-26-35)47-40-20-8-7-17-37(40)41-28-29-42-38-18-9-11-21-44(38)56(49(42)48(41)47)36-27-30-46-43(31-36)39-19-10-12-22-45(39)57-46/h1-31,47H. The summed E-state index contributed by atoms with van der Waals surface area (Å²) in [5, 5.41) is 4.70. The fourth-order valence-electron chi connectivity index (χ4n) is 8.99. The lowest BCUT2D eigenvalue weighted by atomic mass is 9.87. The van der Waals surface area contributed by atoms with E-state index in [4.69, 9.17) is 19.4 Å². The molecule has 0 amide bonds. The molecular weight excluding hydrogens is 697 g/mol. The monoisotopic (exact) mass is 728 g/mol. The highest BCUT2D eigenvalue weighted by atomic mass is 16.3. The fourth-order valence-corrected chi connectivity index (χ4v) is 8.99. The molecule has 57 heavy (non-hydrogen) atoms. The molecule has 12 rings (SSSR count). The summed E-state index contributed by atoms with van der Waals surface area (Å²) in [7, 11) is 0. The molecule has 0 bridgehead atoms. The van der Waals surface area contributed by atoms with Crippen molar-refractivity contribution < 1.29 is 4.42 Å². The average molecular weight is 729 g/mol. The van der Waals surface area contributed by atoms with Gasteiger partial charge in [0.2, 0.25) is 0 Å². The molecule has 5 nitrogen and oxygen atoms in total. The minimum Gasteiger partial charge on any atom is -0.456 e. The van der Waals surface area contributed by atoms with Crippen molar-refractivity contribution >= 4 is 43.7 Å². The van der Waals surface area contributed by atoms with Crippen molar-refractivity contribution in [3.8, 4) is 51.0 Å². The third kappa shape index (κ3) is 4.92. The third-order valence-corrected chi connectivity index (χ3v) is 11.5. The van der Waals surface area contributed by atoms with E-state index in [1.165, 1.54) is 49.6 Å². The minimum absolute atomic E-state index is 0.00798. The molecule has 5 heteroatoms. The van der Waals surface area contributed by atoms with Crippen molar-refractivity contribution in [3.05, 3.63) is 205 Å². The Morgan fingerprint density at radius 2 is 1.02 bits per heavy atom.